The van der Waals surface area contributed by atoms with Crippen LogP contribution in [-0.2, 0) is 0 Å². The maximum Gasteiger partial charge on any atom is 0.586 e. The number of ether oxygens (including phenoxy) is 2. The van der Waals surface area contributed by atoms with Gasteiger partial charge >= 0.3 is 6.29 Å². The van der Waals surface area contributed by atoms with Gasteiger partial charge in [-0.2, -0.15) is 4.52 Å². The van der Waals surface area contributed by atoms with E-state index in [2.05, 4.69) is 83.4 Å². The molecule has 0 amide bonds. The van der Waals surface area contributed by atoms with Crippen molar-refractivity contribution >= 4 is 22.5 Å². The molecule has 0 spiro atoms. The van der Waals surface area contributed by atoms with Crippen molar-refractivity contribution in [1.82, 2.24) is 19.6 Å². The van der Waals surface area contributed by atoms with Crippen molar-refractivity contribution in [3.05, 3.63) is 53.3 Å². The fourth-order valence-electron chi connectivity index (χ4n) is 4.47. The minimum atomic E-state index is -3.72. The number of nitrogens with two attached hydrogens (primary N) is 1. The summed E-state index contributed by atoms with van der Waals surface area (Å²) in [5.74, 6) is 1.45. The van der Waals surface area contributed by atoms with E-state index >= 15 is 0 Å². The monoisotopic (exact) mass is 511 g/mol. The highest BCUT2D eigenvalue weighted by atomic mass is 19.3. The number of aromatic nitrogens is 4. The molecule has 198 valence electrons. The van der Waals surface area contributed by atoms with Crippen LogP contribution in [0, 0.1) is 6.92 Å². The minimum absolute atomic E-state index is 0.0591. The van der Waals surface area contributed by atoms with E-state index in [0.29, 0.717) is 22.8 Å². The second-order valence-electron chi connectivity index (χ2n) is 9.60. The second-order valence-corrected chi connectivity index (χ2v) is 9.60. The lowest BCUT2D eigenvalue weighted by Crippen LogP contribution is -2.26. The molecule has 0 saturated heterocycles. The molecule has 2 N–H and O–H groups in total. The van der Waals surface area contributed by atoms with Gasteiger partial charge in [-0.25, -0.2) is 9.97 Å². The lowest BCUT2D eigenvalue weighted by Gasteiger charge is -2.09. The Morgan fingerprint density at radius 2 is 1.84 bits per heavy atom. The van der Waals surface area contributed by atoms with Gasteiger partial charge < -0.3 is 15.2 Å². The average Bonchev–Trinajstić information content (AvgIpc) is 3.45. The molecule has 3 heterocycles. The number of nitrogens with zero attached hydrogens (tertiary/aromatic N) is 4. The Morgan fingerprint density at radius 1 is 1.05 bits per heavy atom. The maximum absolute atomic E-state index is 13.4. The highest BCUT2D eigenvalue weighted by molar-refractivity contribution is 5.97. The molecule has 5 rings (SSSR count). The number of fused-ring (bicyclic) bond motifs is 5. The Kier molecular flexibility index (Phi) is 7.80. The van der Waals surface area contributed by atoms with Gasteiger partial charge in [-0.15, -0.1) is 13.9 Å². The van der Waals surface area contributed by atoms with Crippen LogP contribution in [-0.4, -0.2) is 25.9 Å². The molecule has 0 bridgehead atoms. The van der Waals surface area contributed by atoms with Crippen molar-refractivity contribution in [3.63, 3.8) is 0 Å². The van der Waals surface area contributed by atoms with Crippen LogP contribution in [0.1, 0.15) is 88.6 Å². The van der Waals surface area contributed by atoms with Crippen LogP contribution in [0.15, 0.2) is 36.4 Å². The van der Waals surface area contributed by atoms with Gasteiger partial charge in [0, 0.05) is 11.3 Å². The van der Waals surface area contributed by atoms with Gasteiger partial charge in [0.05, 0.1) is 0 Å². The van der Waals surface area contributed by atoms with Crippen LogP contribution in [0.4, 0.5) is 14.7 Å². The topological polar surface area (TPSA) is 87.6 Å². The summed E-state index contributed by atoms with van der Waals surface area (Å²) >= 11 is 0. The molecule has 0 radical (unpaired) electrons. The Bertz CT molecular complexity index is 1390. The van der Waals surface area contributed by atoms with E-state index < -0.39 is 6.29 Å². The van der Waals surface area contributed by atoms with E-state index in [-0.39, 0.29) is 28.9 Å². The van der Waals surface area contributed by atoms with Crippen LogP contribution in [0.25, 0.3) is 16.6 Å². The van der Waals surface area contributed by atoms with E-state index in [9.17, 15) is 8.78 Å². The van der Waals surface area contributed by atoms with E-state index in [1.54, 1.807) is 6.07 Å². The number of aryl methyl sites for hydroxylation is 1. The van der Waals surface area contributed by atoms with Crippen LogP contribution in [0.5, 0.6) is 11.5 Å². The number of anilines is 1. The van der Waals surface area contributed by atoms with Gasteiger partial charge in [0.25, 0.3) is 0 Å². The first-order chi connectivity index (χ1) is 17.7. The summed E-state index contributed by atoms with van der Waals surface area (Å²) in [5.41, 5.74) is 9.49. The van der Waals surface area contributed by atoms with Crippen LogP contribution < -0.4 is 15.2 Å². The van der Waals surface area contributed by atoms with Crippen molar-refractivity contribution in [3.8, 4) is 11.5 Å². The van der Waals surface area contributed by atoms with Crippen molar-refractivity contribution in [2.75, 3.05) is 5.73 Å². The Hall–Kier alpha value is -3.49. The summed E-state index contributed by atoms with van der Waals surface area (Å²) in [6, 6.07) is 11.8. The predicted octanol–water partition coefficient (Wildman–Crippen LogP) is 7.37. The van der Waals surface area contributed by atoms with E-state index in [1.807, 2.05) is 0 Å². The van der Waals surface area contributed by atoms with Gasteiger partial charge in [-0.05, 0) is 49.8 Å². The molecule has 1 aliphatic heterocycles. The molecule has 9 heteroatoms. The second kappa shape index (κ2) is 10.9. The zero-order chi connectivity index (χ0) is 26.7. The minimum Gasteiger partial charge on any atom is -0.395 e. The first kappa shape index (κ1) is 26.6. The summed E-state index contributed by atoms with van der Waals surface area (Å²) in [7, 11) is 0. The third kappa shape index (κ3) is 5.60. The molecule has 2 aromatic heterocycles. The molecule has 0 aliphatic carbocycles. The first-order valence-electron chi connectivity index (χ1n) is 13.0. The largest absolute Gasteiger partial charge is 0.586 e. The van der Waals surface area contributed by atoms with Crippen molar-refractivity contribution in [2.45, 2.75) is 84.9 Å². The number of hydrogen-bond acceptors (Lipinski definition) is 6. The third-order valence-electron chi connectivity index (χ3n) is 6.84. The van der Waals surface area contributed by atoms with Gasteiger partial charge in [-0.1, -0.05) is 70.4 Å². The highest BCUT2D eigenvalue weighted by Gasteiger charge is 2.45. The zero-order valence-corrected chi connectivity index (χ0v) is 22.1. The molecular formula is C28H35F2N5O2. The Balaban J connectivity index is 0.000000245. The van der Waals surface area contributed by atoms with Crippen molar-refractivity contribution < 1.29 is 18.3 Å². The summed E-state index contributed by atoms with van der Waals surface area (Å²) < 4.78 is 37.4. The summed E-state index contributed by atoms with van der Waals surface area (Å²) in [6.07, 6.45) is 1.56. The quantitative estimate of drug-likeness (QED) is 0.279. The summed E-state index contributed by atoms with van der Waals surface area (Å²) in [4.78, 5) is 8.84. The molecular weight excluding hydrogens is 476 g/mol. The average molecular weight is 512 g/mol. The standard InChI is InChI=1S/C17H19F2N5O2.C11H16/c1-3-5-6-9(4-2)14-22-15-10-7-8-11-13(26-17(18,19)25-11)12(10)21-16(20)24(15)23-14;1-4-10(3)11-7-5-6-9(2)8-11/h7-9H,3-6H2,1-2H3,(H2,20,21);5-8,10H,4H2,1-3H3. The van der Waals surface area contributed by atoms with Crippen LogP contribution in [0.3, 0.4) is 0 Å². The Morgan fingerprint density at radius 3 is 2.51 bits per heavy atom. The molecule has 4 aromatic rings. The molecule has 0 fully saturated rings. The number of benzene rings is 2. The predicted molar refractivity (Wildman–Crippen MR) is 141 cm³/mol. The highest BCUT2D eigenvalue weighted by Crippen LogP contribution is 2.45. The van der Waals surface area contributed by atoms with Crippen LogP contribution >= 0.6 is 0 Å². The zero-order valence-electron chi connectivity index (χ0n) is 22.1. The number of hydrogen-bond donors (Lipinski definition) is 1. The molecule has 2 aromatic carbocycles. The van der Waals surface area contributed by atoms with Gasteiger partial charge in [0.2, 0.25) is 5.95 Å². The smallest absolute Gasteiger partial charge is 0.395 e. The number of alkyl halides is 2. The SMILES string of the molecule is CCC(C)c1cccc(C)c1.CCCCC(CC)c1nc2c3ccc4c(c3nc(N)n2n1)OC(F)(F)O4. The van der Waals surface area contributed by atoms with Crippen molar-refractivity contribution in [1.29, 1.82) is 0 Å². The molecule has 1 aliphatic rings. The molecule has 2 atom stereocenters. The fraction of sp³-hybridized carbons (Fsp3) is 0.464. The number of halogens is 2. The van der Waals surface area contributed by atoms with E-state index in [4.69, 9.17) is 5.73 Å². The summed E-state index contributed by atoms with van der Waals surface area (Å²) in [6.45, 7) is 10.9. The first-order valence-corrected chi connectivity index (χ1v) is 13.0. The number of rotatable bonds is 7. The van der Waals surface area contributed by atoms with Gasteiger partial charge in [0.1, 0.15) is 5.52 Å². The summed E-state index contributed by atoms with van der Waals surface area (Å²) in [5, 5.41) is 5.04. The molecule has 37 heavy (non-hydrogen) atoms. The van der Waals surface area contributed by atoms with Gasteiger partial charge in [0.15, 0.2) is 23.0 Å². The van der Waals surface area contributed by atoms with E-state index in [1.165, 1.54) is 28.1 Å². The van der Waals surface area contributed by atoms with Crippen molar-refractivity contribution in [2.24, 2.45) is 0 Å². The van der Waals surface area contributed by atoms with Gasteiger partial charge in [-0.3, -0.25) is 0 Å². The Labute approximate surface area is 216 Å². The van der Waals surface area contributed by atoms with E-state index in [0.717, 1.165) is 25.7 Å². The normalized spacial score (nSPS) is 15.4. The fourth-order valence-corrected chi connectivity index (χ4v) is 4.47. The maximum atomic E-state index is 13.4. The van der Waals surface area contributed by atoms with Crippen LogP contribution in [0.2, 0.25) is 0 Å². The number of unbranched alkanes of at least 4 members (excludes halogenated alkanes) is 1. The lowest BCUT2D eigenvalue weighted by molar-refractivity contribution is -0.286. The molecule has 7 nitrogen and oxygen atoms in total. The lowest BCUT2D eigenvalue weighted by atomic mass is 9.97. The third-order valence-corrected chi connectivity index (χ3v) is 6.84. The molecule has 2 unspecified atom stereocenters. The molecule has 0 saturated carbocycles. The number of nitrogen functional groups attached to an aromatic ring is 1.